The summed E-state index contributed by atoms with van der Waals surface area (Å²) in [7, 11) is 0. The zero-order valence-corrected chi connectivity index (χ0v) is 7.65. The molecule has 0 aliphatic heterocycles. The number of halogens is 1. The van der Waals surface area contributed by atoms with Crippen LogP contribution in [0.3, 0.4) is 0 Å². The topological polar surface area (TPSA) is 57.2 Å². The monoisotopic (exact) mass is 227 g/mol. The summed E-state index contributed by atoms with van der Waals surface area (Å²) in [4.78, 5) is 0. The van der Waals surface area contributed by atoms with Crippen LogP contribution in [-0.2, 0) is 0 Å². The average Bonchev–Trinajstić information content (AvgIpc) is 2.47. The quantitative estimate of drug-likeness (QED) is 0.789. The fraction of sp³-hybridized carbons (Fsp3) is 0.125. The maximum atomic E-state index is 9.31. The molecule has 1 N–H and O–H groups in total. The molecule has 3 nitrogen and oxygen atoms in total. The molecular formula is C8H6BrNO2. The van der Waals surface area contributed by atoms with Crippen LogP contribution in [0.2, 0.25) is 0 Å². The van der Waals surface area contributed by atoms with Crippen molar-refractivity contribution in [3.8, 4) is 6.07 Å². The van der Waals surface area contributed by atoms with Crippen molar-refractivity contribution < 1.29 is 9.52 Å². The van der Waals surface area contributed by atoms with E-state index in [0.29, 0.717) is 10.4 Å². The van der Waals surface area contributed by atoms with Gasteiger partial charge in [0.25, 0.3) is 0 Å². The lowest BCUT2D eigenvalue weighted by molar-refractivity contribution is 0.195. The lowest BCUT2D eigenvalue weighted by Crippen LogP contribution is -1.88. The molecule has 1 rings (SSSR count). The first-order valence-electron chi connectivity index (χ1n) is 3.23. The molecule has 0 saturated carbocycles. The first-order chi connectivity index (χ1) is 5.74. The summed E-state index contributed by atoms with van der Waals surface area (Å²) in [6, 6.07) is 5.10. The first-order valence-corrected chi connectivity index (χ1v) is 4.03. The molecule has 0 aliphatic carbocycles. The minimum Gasteiger partial charge on any atom is -0.451 e. The van der Waals surface area contributed by atoms with E-state index in [-0.39, 0.29) is 0 Å². The van der Waals surface area contributed by atoms with Gasteiger partial charge in [0.15, 0.2) is 4.67 Å². The molecule has 0 fully saturated rings. The van der Waals surface area contributed by atoms with Crippen LogP contribution in [0.1, 0.15) is 11.9 Å². The Morgan fingerprint density at radius 2 is 2.42 bits per heavy atom. The Morgan fingerprint density at radius 1 is 1.67 bits per heavy atom. The van der Waals surface area contributed by atoms with Crippen LogP contribution in [0.5, 0.6) is 0 Å². The van der Waals surface area contributed by atoms with Crippen molar-refractivity contribution in [3.63, 3.8) is 0 Å². The summed E-state index contributed by atoms with van der Waals surface area (Å²) >= 11 is 3.10. The predicted molar refractivity (Wildman–Crippen MR) is 46.1 cm³/mol. The maximum Gasteiger partial charge on any atom is 0.169 e. The van der Waals surface area contributed by atoms with E-state index in [2.05, 4.69) is 15.9 Å². The van der Waals surface area contributed by atoms with E-state index in [1.54, 1.807) is 18.2 Å². The zero-order valence-electron chi connectivity index (χ0n) is 6.07. The van der Waals surface area contributed by atoms with Gasteiger partial charge in [-0.3, -0.25) is 0 Å². The van der Waals surface area contributed by atoms with Gasteiger partial charge in [-0.2, -0.15) is 5.26 Å². The molecule has 0 saturated heterocycles. The molecule has 1 aromatic rings. The predicted octanol–water partition coefficient (Wildman–Crippen LogP) is 2.16. The average molecular weight is 228 g/mol. The van der Waals surface area contributed by atoms with Crippen LogP contribution in [0.4, 0.5) is 0 Å². The molecule has 0 aliphatic rings. The zero-order chi connectivity index (χ0) is 8.97. The molecule has 1 heterocycles. The highest BCUT2D eigenvalue weighted by Crippen LogP contribution is 2.20. The van der Waals surface area contributed by atoms with E-state index in [1.165, 1.54) is 12.2 Å². The molecule has 0 amide bonds. The Morgan fingerprint density at radius 3 is 2.92 bits per heavy atom. The second kappa shape index (κ2) is 4.10. The third-order valence-corrected chi connectivity index (χ3v) is 1.66. The van der Waals surface area contributed by atoms with Gasteiger partial charge in [0, 0.05) is 6.08 Å². The minimum absolute atomic E-state index is 0.411. The number of allylic oxidation sites excluding steroid dienone is 1. The van der Waals surface area contributed by atoms with Crippen LogP contribution < -0.4 is 0 Å². The molecule has 0 radical (unpaired) electrons. The summed E-state index contributed by atoms with van der Waals surface area (Å²) in [6.07, 6.45) is 1.71. The fourth-order valence-corrected chi connectivity index (χ4v) is 1.04. The fourth-order valence-electron chi connectivity index (χ4n) is 0.716. The molecule has 1 atom stereocenters. The molecule has 62 valence electrons. The van der Waals surface area contributed by atoms with Crippen molar-refractivity contribution >= 4 is 15.9 Å². The normalized spacial score (nSPS) is 13.1. The Bertz CT molecular complexity index is 324. The molecular weight excluding hydrogens is 222 g/mol. The largest absolute Gasteiger partial charge is 0.451 e. The van der Waals surface area contributed by atoms with Gasteiger partial charge in [-0.25, -0.2) is 0 Å². The van der Waals surface area contributed by atoms with E-state index in [4.69, 9.17) is 9.68 Å². The summed E-state index contributed by atoms with van der Waals surface area (Å²) in [6.45, 7) is 0. The van der Waals surface area contributed by atoms with E-state index in [1.807, 2.05) is 0 Å². The van der Waals surface area contributed by atoms with Gasteiger partial charge in [-0.05, 0) is 34.1 Å². The Kier molecular flexibility index (Phi) is 3.09. The SMILES string of the molecule is N#C/C=C/C(O)c1ccc(Br)o1. The van der Waals surface area contributed by atoms with Crippen molar-refractivity contribution in [3.05, 3.63) is 34.7 Å². The highest BCUT2D eigenvalue weighted by atomic mass is 79.9. The molecule has 0 bridgehead atoms. The minimum atomic E-state index is -0.851. The number of nitrogens with zero attached hydrogens (tertiary/aromatic N) is 1. The van der Waals surface area contributed by atoms with E-state index < -0.39 is 6.10 Å². The molecule has 1 aromatic heterocycles. The van der Waals surface area contributed by atoms with Gasteiger partial charge in [0.05, 0.1) is 6.07 Å². The van der Waals surface area contributed by atoms with Crippen LogP contribution in [0.25, 0.3) is 0 Å². The highest BCUT2D eigenvalue weighted by Gasteiger charge is 2.07. The smallest absolute Gasteiger partial charge is 0.169 e. The molecule has 4 heteroatoms. The number of nitriles is 1. The third-order valence-electron chi connectivity index (χ3n) is 1.24. The van der Waals surface area contributed by atoms with Crippen LogP contribution in [0, 0.1) is 11.3 Å². The van der Waals surface area contributed by atoms with Gasteiger partial charge in [0.1, 0.15) is 11.9 Å². The van der Waals surface area contributed by atoms with Crippen molar-refractivity contribution in [2.45, 2.75) is 6.10 Å². The second-order valence-electron chi connectivity index (χ2n) is 2.07. The second-order valence-corrected chi connectivity index (χ2v) is 2.86. The Balaban J connectivity index is 2.72. The van der Waals surface area contributed by atoms with Crippen molar-refractivity contribution in [2.24, 2.45) is 0 Å². The lowest BCUT2D eigenvalue weighted by Gasteiger charge is -1.97. The van der Waals surface area contributed by atoms with Crippen molar-refractivity contribution in [2.75, 3.05) is 0 Å². The maximum absolute atomic E-state index is 9.31. The standard InChI is InChI=1S/C8H6BrNO2/c9-8-4-3-7(12-8)6(11)2-1-5-10/h1-4,6,11H/b2-1+. The number of hydrogen-bond donors (Lipinski definition) is 1. The number of aliphatic hydroxyl groups is 1. The molecule has 0 spiro atoms. The molecule has 0 aromatic carbocycles. The Hall–Kier alpha value is -1.05. The van der Waals surface area contributed by atoms with Gasteiger partial charge < -0.3 is 9.52 Å². The Labute approximate surface area is 78.1 Å². The number of rotatable bonds is 2. The van der Waals surface area contributed by atoms with Gasteiger partial charge in [-0.15, -0.1) is 0 Å². The first kappa shape index (κ1) is 9.04. The van der Waals surface area contributed by atoms with E-state index >= 15 is 0 Å². The van der Waals surface area contributed by atoms with Gasteiger partial charge in [-0.1, -0.05) is 0 Å². The van der Waals surface area contributed by atoms with Crippen LogP contribution >= 0.6 is 15.9 Å². The van der Waals surface area contributed by atoms with Crippen molar-refractivity contribution in [1.82, 2.24) is 0 Å². The summed E-state index contributed by atoms with van der Waals surface area (Å²) in [5.74, 6) is 0.411. The van der Waals surface area contributed by atoms with Crippen LogP contribution in [-0.4, -0.2) is 5.11 Å². The summed E-state index contributed by atoms with van der Waals surface area (Å²) in [5.41, 5.74) is 0. The van der Waals surface area contributed by atoms with E-state index in [9.17, 15) is 5.11 Å². The third kappa shape index (κ3) is 2.22. The molecule has 1 unspecified atom stereocenters. The van der Waals surface area contributed by atoms with E-state index in [0.717, 1.165) is 0 Å². The summed E-state index contributed by atoms with van der Waals surface area (Å²) in [5, 5.41) is 17.5. The van der Waals surface area contributed by atoms with Gasteiger partial charge >= 0.3 is 0 Å². The summed E-state index contributed by atoms with van der Waals surface area (Å²) < 4.78 is 5.61. The lowest BCUT2D eigenvalue weighted by atomic mass is 10.2. The molecule has 12 heavy (non-hydrogen) atoms. The van der Waals surface area contributed by atoms with Gasteiger partial charge in [0.2, 0.25) is 0 Å². The van der Waals surface area contributed by atoms with Crippen molar-refractivity contribution in [1.29, 1.82) is 5.26 Å². The highest BCUT2D eigenvalue weighted by molar-refractivity contribution is 9.10. The number of hydrogen-bond acceptors (Lipinski definition) is 3. The number of aliphatic hydroxyl groups excluding tert-OH is 1. The van der Waals surface area contributed by atoms with Crippen LogP contribution in [0.15, 0.2) is 33.4 Å². The number of furan rings is 1.